The maximum Gasteiger partial charge on any atom is 0.352 e. The van der Waals surface area contributed by atoms with Crippen molar-refractivity contribution in [3.05, 3.63) is 137 Å². The Morgan fingerprint density at radius 2 is 1.45 bits per heavy atom. The van der Waals surface area contributed by atoms with Crippen molar-refractivity contribution in [2.75, 3.05) is 129 Å². The van der Waals surface area contributed by atoms with Gasteiger partial charge in [-0.1, -0.05) is 66.7 Å². The van der Waals surface area contributed by atoms with Crippen molar-refractivity contribution in [1.82, 2.24) is 38.1 Å². The van der Waals surface area contributed by atoms with Gasteiger partial charge in [-0.15, -0.1) is 0 Å². The minimum atomic E-state index is -3.48. The molecule has 23 heteroatoms. The zero-order chi connectivity index (χ0) is 62.3. The predicted molar refractivity (Wildman–Crippen MR) is 339 cm³/mol. The van der Waals surface area contributed by atoms with Gasteiger partial charge in [0.1, 0.15) is 23.8 Å². The molecule has 7 aromatic rings. The molecule has 5 aromatic carbocycles. The van der Waals surface area contributed by atoms with Crippen molar-refractivity contribution in [2.24, 2.45) is 18.9 Å². The second-order valence-corrected chi connectivity index (χ2v) is 25.5. The summed E-state index contributed by atoms with van der Waals surface area (Å²) in [5.41, 5.74) is 7.70. The SMILES string of the molecule is Cc1nn(C)c(COc2ccc(N3CCN(S(=O)(=O)N(C)C)CC3)cc2)c1-c1cccc2c(CCCOc3cccc4ccccc34)c(C(=O)O)n(CCN3CCN(CCOCCOCCNc4cccc5c4C(O)C(C4CCC(=O)NC4=O)C5=O)CC3)c12. The molecule has 0 spiro atoms. The van der Waals surface area contributed by atoms with Gasteiger partial charge in [0, 0.05) is 151 Å². The molecule has 3 fully saturated rings. The number of carboxylic acids is 1. The second-order valence-electron chi connectivity index (χ2n) is 23.4. The highest BCUT2D eigenvalue weighted by Gasteiger charge is 2.48. The van der Waals surface area contributed by atoms with Crippen LogP contribution in [0.4, 0.5) is 11.4 Å². The number of nitrogens with zero attached hydrogens (tertiary/aromatic N) is 8. The molecule has 1 aliphatic carbocycles. The molecule has 22 nitrogen and oxygen atoms in total. The van der Waals surface area contributed by atoms with E-state index in [1.807, 2.05) is 90.0 Å². The number of rotatable bonds is 27. The fourth-order valence-electron chi connectivity index (χ4n) is 13.2. The van der Waals surface area contributed by atoms with Gasteiger partial charge >= 0.3 is 5.97 Å². The van der Waals surface area contributed by atoms with Crippen LogP contribution in [0.2, 0.25) is 0 Å². The molecule has 0 radical (unpaired) electrons. The van der Waals surface area contributed by atoms with E-state index in [-0.39, 0.29) is 36.8 Å². The van der Waals surface area contributed by atoms with Crippen LogP contribution in [0.25, 0.3) is 32.8 Å². The summed E-state index contributed by atoms with van der Waals surface area (Å²) < 4.78 is 56.8. The number of amides is 2. The summed E-state index contributed by atoms with van der Waals surface area (Å²) in [4.78, 5) is 58.4. The third-order valence-electron chi connectivity index (χ3n) is 17.8. The summed E-state index contributed by atoms with van der Waals surface area (Å²) in [6, 6.07) is 33.3. The fourth-order valence-corrected chi connectivity index (χ4v) is 14.2. The first-order valence-electron chi connectivity index (χ1n) is 30.8. The number of hydrogen-bond donors (Lipinski definition) is 4. The molecule has 3 atom stereocenters. The molecule has 0 bridgehead atoms. The van der Waals surface area contributed by atoms with Crippen LogP contribution in [0.1, 0.15) is 68.7 Å². The smallest absolute Gasteiger partial charge is 0.352 e. The third kappa shape index (κ3) is 13.7. The quantitative estimate of drug-likeness (QED) is 0.0322. The predicted octanol–water partition coefficient (Wildman–Crippen LogP) is 6.38. The van der Waals surface area contributed by atoms with E-state index in [0.29, 0.717) is 114 Å². The van der Waals surface area contributed by atoms with E-state index in [4.69, 9.17) is 24.0 Å². The zero-order valence-corrected chi connectivity index (χ0v) is 51.9. The van der Waals surface area contributed by atoms with E-state index in [0.717, 1.165) is 93.9 Å². The number of para-hydroxylation sites is 1. The number of aliphatic hydroxyl groups is 1. The largest absolute Gasteiger partial charge is 0.493 e. The van der Waals surface area contributed by atoms with Gasteiger partial charge in [-0.2, -0.15) is 22.1 Å². The highest BCUT2D eigenvalue weighted by atomic mass is 32.2. The molecule has 11 rings (SSSR count). The maximum atomic E-state index is 13.7. The molecule has 5 heterocycles. The number of ether oxygens (including phenoxy) is 4. The monoisotopic (exact) mass is 1240 g/mol. The van der Waals surface area contributed by atoms with Crippen LogP contribution in [-0.4, -0.2) is 194 Å². The van der Waals surface area contributed by atoms with Crippen LogP contribution < -0.4 is 25.0 Å². The topological polar surface area (TPSA) is 243 Å². The number of ketones is 1. The van der Waals surface area contributed by atoms with Crippen LogP contribution in [0, 0.1) is 18.8 Å². The van der Waals surface area contributed by atoms with Gasteiger partial charge in [-0.25, -0.2) is 4.79 Å². The minimum absolute atomic E-state index is 0.129. The number of anilines is 2. The van der Waals surface area contributed by atoms with E-state index in [2.05, 4.69) is 43.5 Å². The van der Waals surface area contributed by atoms with Crippen LogP contribution in [0.15, 0.2) is 103 Å². The van der Waals surface area contributed by atoms with E-state index >= 15 is 0 Å². The van der Waals surface area contributed by atoms with E-state index < -0.39 is 40.0 Å². The average Bonchev–Trinajstić information content (AvgIpc) is 1.63. The van der Waals surface area contributed by atoms with Crippen LogP contribution in [-0.2, 0) is 55.9 Å². The number of Topliss-reactive ketones (excluding diaryl/α,β-unsaturated/α-hetero) is 1. The number of piperidine rings is 1. The summed E-state index contributed by atoms with van der Waals surface area (Å²) in [5.74, 6) is -2.43. The van der Waals surface area contributed by atoms with Crippen molar-refractivity contribution in [1.29, 1.82) is 0 Å². The molecule has 4 aliphatic rings. The Bertz CT molecular complexity index is 3810. The highest BCUT2D eigenvalue weighted by molar-refractivity contribution is 7.86. The summed E-state index contributed by atoms with van der Waals surface area (Å²) >= 11 is 0. The van der Waals surface area contributed by atoms with E-state index in [9.17, 15) is 37.8 Å². The second kappa shape index (κ2) is 28.0. The van der Waals surface area contributed by atoms with Crippen molar-refractivity contribution < 1.29 is 56.8 Å². The van der Waals surface area contributed by atoms with Crippen LogP contribution in [0.5, 0.6) is 11.5 Å². The molecule has 3 aliphatic heterocycles. The molecular formula is C66H80N10O12S. The Hall–Kier alpha value is -7.74. The average molecular weight is 1240 g/mol. The molecule has 89 heavy (non-hydrogen) atoms. The number of aliphatic hydroxyl groups excluding tert-OH is 1. The molecule has 2 amide bonds. The van der Waals surface area contributed by atoms with Gasteiger partial charge in [0.05, 0.1) is 67.9 Å². The lowest BCUT2D eigenvalue weighted by atomic mass is 9.81. The fraction of sp³-hybridized carbons (Fsp3) is 0.439. The van der Waals surface area contributed by atoms with Crippen molar-refractivity contribution in [3.63, 3.8) is 0 Å². The summed E-state index contributed by atoms with van der Waals surface area (Å²) in [6.45, 7) is 11.7. The highest BCUT2D eigenvalue weighted by Crippen LogP contribution is 2.46. The van der Waals surface area contributed by atoms with Crippen molar-refractivity contribution >= 4 is 66.8 Å². The van der Waals surface area contributed by atoms with Gasteiger partial charge in [-0.3, -0.25) is 34.2 Å². The number of carbonyl (C=O) groups excluding carboxylic acids is 3. The minimum Gasteiger partial charge on any atom is -0.493 e. The lowest BCUT2D eigenvalue weighted by molar-refractivity contribution is -0.138. The Kier molecular flexibility index (Phi) is 19.8. The molecule has 0 saturated carbocycles. The Morgan fingerprint density at radius 1 is 0.764 bits per heavy atom. The number of aryl methyl sites for hydroxylation is 3. The Balaban J connectivity index is 0.708. The number of carbonyl (C=O) groups is 4. The first-order chi connectivity index (χ1) is 43.1. The standard InChI is InChI=1S/C66H80N10O12S/c1-44-58(55(71(4)69-44)43-88-47-22-20-46(21-23-47)74-32-34-75(35-33-74)89(83,84)70(2)3)51-15-8-14-49-50(17-10-38-87-56-19-7-12-45-11-5-6-13-48(45)56)62(66(81)82)76(61(49)51)36-31-72-27-29-73(30-28-72)37-40-86-42-41-85-39-26-67-54-18-9-16-52-59(54)64(79)60(63(52)78)53-24-25-57(77)68-65(53)80/h5-9,11-16,18-23,53,60,64,67,79H,10,17,24-43H2,1-4H3,(H,81,82)(H,68,77,80). The normalized spacial score (nSPS) is 18.7. The van der Waals surface area contributed by atoms with Gasteiger partial charge in [0.25, 0.3) is 10.2 Å². The summed E-state index contributed by atoms with van der Waals surface area (Å²) in [6.07, 6.45) is 0.251. The summed E-state index contributed by atoms with van der Waals surface area (Å²) in [7, 11) is 1.52. The molecule has 2 aromatic heterocycles. The zero-order valence-electron chi connectivity index (χ0n) is 51.1. The number of benzene rings is 5. The number of nitrogens with one attached hydrogen (secondary N) is 2. The van der Waals surface area contributed by atoms with Gasteiger partial charge in [0.2, 0.25) is 11.8 Å². The van der Waals surface area contributed by atoms with Crippen molar-refractivity contribution in [2.45, 2.75) is 51.9 Å². The number of carboxylic acid groups (broad SMARTS) is 1. The summed E-state index contributed by atoms with van der Waals surface area (Å²) in [5, 5.41) is 36.0. The lowest BCUT2D eigenvalue weighted by Crippen LogP contribution is -2.51. The number of aromatic carboxylic acids is 1. The van der Waals surface area contributed by atoms with E-state index in [1.165, 1.54) is 8.61 Å². The number of fused-ring (bicyclic) bond motifs is 3. The Labute approximate surface area is 519 Å². The van der Waals surface area contributed by atoms with Crippen LogP contribution >= 0.6 is 0 Å². The van der Waals surface area contributed by atoms with Gasteiger partial charge < -0.3 is 43.9 Å². The Morgan fingerprint density at radius 3 is 2.19 bits per heavy atom. The molecule has 3 unspecified atom stereocenters. The first-order valence-corrected chi connectivity index (χ1v) is 32.2. The third-order valence-corrected chi connectivity index (χ3v) is 19.7. The number of hydrogen-bond acceptors (Lipinski definition) is 16. The molecule has 4 N–H and O–H groups in total. The molecular weight excluding hydrogens is 1160 g/mol. The first kappa shape index (κ1) is 62.9. The number of aromatic nitrogens is 3. The molecule has 3 saturated heterocycles. The van der Waals surface area contributed by atoms with E-state index in [1.54, 1.807) is 32.3 Å². The number of imide groups is 1. The van der Waals surface area contributed by atoms with Crippen LogP contribution in [0.3, 0.4) is 0 Å². The molecule has 472 valence electrons. The van der Waals surface area contributed by atoms with Gasteiger partial charge in [0.15, 0.2) is 5.78 Å². The van der Waals surface area contributed by atoms with Crippen molar-refractivity contribution in [3.8, 4) is 22.6 Å². The lowest BCUT2D eigenvalue weighted by Gasteiger charge is -2.36. The number of piperazine rings is 2. The van der Waals surface area contributed by atoms with Gasteiger partial charge in [-0.05, 0) is 73.5 Å². The maximum absolute atomic E-state index is 13.7.